The molecule has 2 aliphatic rings. The van der Waals surface area contributed by atoms with E-state index in [0.29, 0.717) is 17.7 Å². The number of nitrogens with one attached hydrogen (secondary N) is 1. The number of nitrogens with zero attached hydrogens (tertiary/aromatic N) is 1. The van der Waals surface area contributed by atoms with Crippen LogP contribution in [0.3, 0.4) is 0 Å². The first-order chi connectivity index (χ1) is 10.3. The summed E-state index contributed by atoms with van der Waals surface area (Å²) >= 11 is 0. The molecule has 2 heterocycles. The third kappa shape index (κ3) is 4.97. The minimum absolute atomic E-state index is 0. The van der Waals surface area contributed by atoms with Gasteiger partial charge in [-0.05, 0) is 31.7 Å². The Morgan fingerprint density at radius 1 is 1.17 bits per heavy atom. The van der Waals surface area contributed by atoms with Crippen molar-refractivity contribution < 1.29 is 9.84 Å². The highest BCUT2D eigenvalue weighted by molar-refractivity contribution is 5.85. The Balaban J connectivity index is 0.00000132. The summed E-state index contributed by atoms with van der Waals surface area (Å²) in [5.74, 6) is 1.01. The zero-order valence-corrected chi connectivity index (χ0v) is 15.3. The number of ether oxygens (including phenoxy) is 1. The first-order valence-electron chi connectivity index (χ1n) is 8.08. The Bertz CT molecular complexity index is 458. The molecule has 1 atom stereocenters. The molecule has 2 N–H and O–H groups in total. The van der Waals surface area contributed by atoms with E-state index in [1.165, 1.54) is 5.56 Å². The zero-order chi connectivity index (χ0) is 14.7. The highest BCUT2D eigenvalue weighted by Crippen LogP contribution is 2.39. The van der Waals surface area contributed by atoms with Crippen molar-refractivity contribution in [1.29, 1.82) is 0 Å². The second-order valence-corrected chi connectivity index (χ2v) is 6.24. The maximum atomic E-state index is 10.4. The van der Waals surface area contributed by atoms with Gasteiger partial charge in [0.15, 0.2) is 0 Å². The Labute approximate surface area is 151 Å². The van der Waals surface area contributed by atoms with Crippen molar-refractivity contribution >= 4 is 24.8 Å². The predicted molar refractivity (Wildman–Crippen MR) is 98.1 cm³/mol. The van der Waals surface area contributed by atoms with Gasteiger partial charge < -0.3 is 15.2 Å². The fourth-order valence-corrected chi connectivity index (χ4v) is 3.65. The summed E-state index contributed by atoms with van der Waals surface area (Å²) in [6, 6.07) is 6.31. The lowest BCUT2D eigenvalue weighted by atomic mass is 9.84. The summed E-state index contributed by atoms with van der Waals surface area (Å²) in [6.45, 7) is 7.96. The number of phenolic OH excluding ortho intramolecular Hbond substituents is 1. The van der Waals surface area contributed by atoms with Crippen LogP contribution in [-0.4, -0.2) is 49.4 Å². The maximum absolute atomic E-state index is 10.4. The number of piperazine rings is 1. The van der Waals surface area contributed by atoms with Crippen LogP contribution in [0.25, 0.3) is 0 Å². The molecule has 0 saturated carbocycles. The van der Waals surface area contributed by atoms with E-state index in [1.807, 2.05) is 12.1 Å². The molecule has 6 heteroatoms. The smallest absolute Gasteiger partial charge is 0.120 e. The Kier molecular flexibility index (Phi) is 8.65. The van der Waals surface area contributed by atoms with Gasteiger partial charge in [-0.2, -0.15) is 0 Å². The fourth-order valence-electron chi connectivity index (χ4n) is 3.65. The van der Waals surface area contributed by atoms with E-state index in [4.69, 9.17) is 4.74 Å². The summed E-state index contributed by atoms with van der Waals surface area (Å²) in [6.07, 6.45) is 2.17. The van der Waals surface area contributed by atoms with Crippen molar-refractivity contribution in [1.82, 2.24) is 10.2 Å². The molecular weight excluding hydrogens is 335 g/mol. The van der Waals surface area contributed by atoms with Crippen molar-refractivity contribution in [2.45, 2.75) is 25.8 Å². The van der Waals surface area contributed by atoms with E-state index >= 15 is 0 Å². The van der Waals surface area contributed by atoms with Crippen LogP contribution in [0.5, 0.6) is 5.75 Å². The fraction of sp³-hybridized carbons (Fsp3) is 0.647. The molecule has 132 valence electrons. The number of rotatable bonds is 3. The van der Waals surface area contributed by atoms with Crippen molar-refractivity contribution in [3.63, 3.8) is 0 Å². The average Bonchev–Trinajstić information content (AvgIpc) is 2.53. The van der Waals surface area contributed by atoms with Crippen molar-refractivity contribution in [3.05, 3.63) is 29.3 Å². The lowest BCUT2D eigenvalue weighted by Crippen LogP contribution is -2.47. The topological polar surface area (TPSA) is 44.7 Å². The maximum Gasteiger partial charge on any atom is 0.120 e. The molecule has 0 aliphatic carbocycles. The van der Waals surface area contributed by atoms with E-state index in [-0.39, 0.29) is 24.8 Å². The molecule has 0 unspecified atom stereocenters. The lowest BCUT2D eigenvalue weighted by molar-refractivity contribution is 0.0206. The van der Waals surface area contributed by atoms with Gasteiger partial charge >= 0.3 is 0 Å². The molecule has 0 spiro atoms. The zero-order valence-electron chi connectivity index (χ0n) is 13.7. The normalized spacial score (nSPS) is 21.1. The van der Waals surface area contributed by atoms with Crippen LogP contribution in [0.4, 0.5) is 0 Å². The van der Waals surface area contributed by atoms with Crippen molar-refractivity contribution in [2.24, 2.45) is 5.92 Å². The van der Waals surface area contributed by atoms with Gasteiger partial charge in [0.05, 0.1) is 0 Å². The second-order valence-electron chi connectivity index (χ2n) is 6.24. The average molecular weight is 363 g/mol. The molecular formula is C17H28Cl2N2O2. The number of aryl methyl sites for hydroxylation is 1. The number of phenols is 1. The largest absolute Gasteiger partial charge is 0.508 e. The molecule has 1 aromatic rings. The van der Waals surface area contributed by atoms with E-state index in [1.54, 1.807) is 0 Å². The molecule has 0 amide bonds. The van der Waals surface area contributed by atoms with E-state index in [0.717, 1.165) is 57.8 Å². The van der Waals surface area contributed by atoms with Crippen molar-refractivity contribution in [2.75, 3.05) is 39.4 Å². The Hall–Kier alpha value is -0.520. The van der Waals surface area contributed by atoms with Crippen molar-refractivity contribution in [3.8, 4) is 5.75 Å². The van der Waals surface area contributed by atoms with Gasteiger partial charge in [-0.3, -0.25) is 4.90 Å². The highest BCUT2D eigenvalue weighted by atomic mass is 35.5. The van der Waals surface area contributed by atoms with Crippen LogP contribution in [0.15, 0.2) is 18.2 Å². The standard InChI is InChI=1S/C17H26N2O2.2ClH/c1-13-2-3-16(20)15(12-13)17(14-4-10-21-11-5-14)19-8-6-18-7-9-19;;/h2-3,12,14,17-18,20H,4-11H2,1H3;2*1H/t17-;;/m0../s1. The van der Waals surface area contributed by atoms with E-state index < -0.39 is 0 Å². The monoisotopic (exact) mass is 362 g/mol. The van der Waals surface area contributed by atoms with Crippen LogP contribution in [0.1, 0.15) is 30.0 Å². The van der Waals surface area contributed by atoms with Gasteiger partial charge in [-0.1, -0.05) is 17.7 Å². The first kappa shape index (κ1) is 20.5. The van der Waals surface area contributed by atoms with Gasteiger partial charge in [-0.25, -0.2) is 0 Å². The summed E-state index contributed by atoms with van der Waals surface area (Å²) in [4.78, 5) is 2.54. The molecule has 1 aromatic carbocycles. The van der Waals surface area contributed by atoms with E-state index in [9.17, 15) is 5.11 Å². The first-order valence-corrected chi connectivity index (χ1v) is 8.08. The molecule has 3 rings (SSSR count). The number of halogens is 2. The highest BCUT2D eigenvalue weighted by Gasteiger charge is 2.32. The number of aromatic hydroxyl groups is 1. The molecule has 2 saturated heterocycles. The van der Waals surface area contributed by atoms with Gasteiger partial charge in [-0.15, -0.1) is 24.8 Å². The summed E-state index contributed by atoms with van der Waals surface area (Å²) < 4.78 is 5.53. The molecule has 2 fully saturated rings. The number of hydrogen-bond acceptors (Lipinski definition) is 4. The van der Waals surface area contributed by atoms with Crippen LogP contribution >= 0.6 is 24.8 Å². The van der Waals surface area contributed by atoms with Crippen LogP contribution in [0.2, 0.25) is 0 Å². The minimum Gasteiger partial charge on any atom is -0.508 e. The second kappa shape index (κ2) is 9.70. The van der Waals surface area contributed by atoms with Crippen LogP contribution < -0.4 is 5.32 Å². The SMILES string of the molecule is Cc1ccc(O)c([C@H](C2CCOCC2)N2CCNCC2)c1.Cl.Cl. The third-order valence-corrected chi connectivity index (χ3v) is 4.76. The summed E-state index contributed by atoms with van der Waals surface area (Å²) in [5.41, 5.74) is 2.32. The predicted octanol–water partition coefficient (Wildman–Crippen LogP) is 2.92. The third-order valence-electron chi connectivity index (χ3n) is 4.76. The van der Waals surface area contributed by atoms with Crippen LogP contribution in [-0.2, 0) is 4.74 Å². The Morgan fingerprint density at radius 2 is 1.83 bits per heavy atom. The summed E-state index contributed by atoms with van der Waals surface area (Å²) in [7, 11) is 0. The van der Waals surface area contributed by atoms with Gasteiger partial charge in [0.25, 0.3) is 0 Å². The van der Waals surface area contributed by atoms with Crippen LogP contribution in [0, 0.1) is 12.8 Å². The van der Waals surface area contributed by atoms with Gasteiger partial charge in [0, 0.05) is 51.0 Å². The molecule has 0 radical (unpaired) electrons. The van der Waals surface area contributed by atoms with E-state index in [2.05, 4.69) is 23.2 Å². The van der Waals surface area contributed by atoms with Gasteiger partial charge in [0.2, 0.25) is 0 Å². The summed E-state index contributed by atoms with van der Waals surface area (Å²) in [5, 5.41) is 13.8. The molecule has 2 aliphatic heterocycles. The number of hydrogen-bond donors (Lipinski definition) is 2. The molecule has 0 bridgehead atoms. The quantitative estimate of drug-likeness (QED) is 0.867. The molecule has 23 heavy (non-hydrogen) atoms. The number of benzene rings is 1. The minimum atomic E-state index is 0. The molecule has 4 nitrogen and oxygen atoms in total. The van der Waals surface area contributed by atoms with Gasteiger partial charge in [0.1, 0.15) is 5.75 Å². The molecule has 0 aromatic heterocycles. The Morgan fingerprint density at radius 3 is 2.48 bits per heavy atom. The lowest BCUT2D eigenvalue weighted by Gasteiger charge is -2.41.